The molecule has 0 aliphatic rings. The molecule has 62 valence electrons. The van der Waals surface area contributed by atoms with Crippen LogP contribution in [0.2, 0.25) is 0 Å². The van der Waals surface area contributed by atoms with Crippen LogP contribution in [0.25, 0.3) is 0 Å². The highest BCUT2D eigenvalue weighted by Gasteiger charge is 2.13. The van der Waals surface area contributed by atoms with Crippen molar-refractivity contribution in [1.29, 1.82) is 0 Å². The van der Waals surface area contributed by atoms with Gasteiger partial charge in [-0.2, -0.15) is 0 Å². The molecular weight excluding hydrogens is 124 g/mol. The van der Waals surface area contributed by atoms with Crippen LogP contribution in [0.3, 0.4) is 0 Å². The van der Waals surface area contributed by atoms with E-state index in [1.807, 2.05) is 0 Å². The highest BCUT2D eigenvalue weighted by Crippen LogP contribution is 2.16. The lowest BCUT2D eigenvalue weighted by Crippen LogP contribution is -2.18. The maximum absolute atomic E-state index is 9.51. The predicted molar refractivity (Wildman–Crippen MR) is 45.0 cm³/mol. The zero-order valence-electron chi connectivity index (χ0n) is 7.43. The fraction of sp³-hybridized carbons (Fsp3) is 1.00. The topological polar surface area (TPSA) is 20.2 Å². The Labute approximate surface area is 64.5 Å². The smallest absolute Gasteiger partial charge is 0.0568 e. The molecule has 0 rings (SSSR count). The van der Waals surface area contributed by atoms with Gasteiger partial charge < -0.3 is 5.11 Å². The molecule has 0 aromatic rings. The Morgan fingerprint density at radius 3 is 1.90 bits per heavy atom. The molecule has 0 aromatic heterocycles. The number of hydrogen-bond acceptors (Lipinski definition) is 1. The van der Waals surface area contributed by atoms with Gasteiger partial charge in [-0.05, 0) is 12.3 Å². The standard InChI is InChI=1S/C9H20O/c1-4-7-9(10)8(5-2)6-3/h8-10H,4-7H2,1-3H3/t9-/m1/s1. The van der Waals surface area contributed by atoms with Crippen LogP contribution in [0, 0.1) is 5.92 Å². The van der Waals surface area contributed by atoms with Crippen LogP contribution in [-0.2, 0) is 0 Å². The van der Waals surface area contributed by atoms with Crippen molar-refractivity contribution in [1.82, 2.24) is 0 Å². The van der Waals surface area contributed by atoms with Crippen molar-refractivity contribution in [3.05, 3.63) is 0 Å². The molecule has 0 saturated heterocycles. The molecule has 0 radical (unpaired) electrons. The normalized spacial score (nSPS) is 14.1. The molecule has 0 amide bonds. The first-order chi connectivity index (χ1) is 4.76. The maximum atomic E-state index is 9.51. The van der Waals surface area contributed by atoms with Crippen LogP contribution in [0.4, 0.5) is 0 Å². The summed E-state index contributed by atoms with van der Waals surface area (Å²) in [5.74, 6) is 0.528. The summed E-state index contributed by atoms with van der Waals surface area (Å²) >= 11 is 0. The second-order valence-electron chi connectivity index (χ2n) is 2.93. The van der Waals surface area contributed by atoms with Gasteiger partial charge >= 0.3 is 0 Å². The number of rotatable bonds is 5. The maximum Gasteiger partial charge on any atom is 0.0568 e. The largest absolute Gasteiger partial charge is 0.393 e. The summed E-state index contributed by atoms with van der Waals surface area (Å²) in [6, 6.07) is 0. The van der Waals surface area contributed by atoms with Crippen LogP contribution in [0.5, 0.6) is 0 Å². The van der Waals surface area contributed by atoms with E-state index in [4.69, 9.17) is 0 Å². The Kier molecular flexibility index (Phi) is 5.70. The molecule has 1 heteroatoms. The first-order valence-corrected chi connectivity index (χ1v) is 4.44. The van der Waals surface area contributed by atoms with Gasteiger partial charge in [0.05, 0.1) is 6.10 Å². The quantitative estimate of drug-likeness (QED) is 0.628. The molecule has 0 aromatic carbocycles. The molecule has 0 aliphatic carbocycles. The summed E-state index contributed by atoms with van der Waals surface area (Å²) in [6.45, 7) is 6.41. The van der Waals surface area contributed by atoms with E-state index in [1.165, 1.54) is 0 Å². The van der Waals surface area contributed by atoms with Crippen molar-refractivity contribution in [2.24, 2.45) is 5.92 Å². The summed E-state index contributed by atoms with van der Waals surface area (Å²) in [7, 11) is 0. The minimum absolute atomic E-state index is 0.0556. The van der Waals surface area contributed by atoms with E-state index in [0.29, 0.717) is 5.92 Å². The zero-order chi connectivity index (χ0) is 7.98. The summed E-state index contributed by atoms with van der Waals surface area (Å²) in [4.78, 5) is 0. The first kappa shape index (κ1) is 9.96. The first-order valence-electron chi connectivity index (χ1n) is 4.44. The van der Waals surface area contributed by atoms with Gasteiger partial charge in [-0.25, -0.2) is 0 Å². The van der Waals surface area contributed by atoms with E-state index in [0.717, 1.165) is 25.7 Å². The highest BCUT2D eigenvalue weighted by molar-refractivity contribution is 4.64. The summed E-state index contributed by atoms with van der Waals surface area (Å²) in [6.07, 6.45) is 4.22. The third kappa shape index (κ3) is 3.21. The van der Waals surface area contributed by atoms with Gasteiger partial charge in [0, 0.05) is 0 Å². The summed E-state index contributed by atoms with van der Waals surface area (Å²) in [5.41, 5.74) is 0. The number of hydrogen-bond donors (Lipinski definition) is 1. The number of aliphatic hydroxyl groups is 1. The lowest BCUT2D eigenvalue weighted by atomic mass is 9.94. The molecule has 1 N–H and O–H groups in total. The highest BCUT2D eigenvalue weighted by atomic mass is 16.3. The van der Waals surface area contributed by atoms with E-state index in [-0.39, 0.29) is 6.10 Å². The second-order valence-corrected chi connectivity index (χ2v) is 2.93. The average molecular weight is 144 g/mol. The molecule has 0 fully saturated rings. The Morgan fingerprint density at radius 1 is 1.10 bits per heavy atom. The van der Waals surface area contributed by atoms with Gasteiger partial charge in [-0.3, -0.25) is 0 Å². The van der Waals surface area contributed by atoms with E-state index < -0.39 is 0 Å². The second kappa shape index (κ2) is 5.72. The molecule has 0 bridgehead atoms. The molecule has 0 spiro atoms. The van der Waals surface area contributed by atoms with Gasteiger partial charge in [-0.15, -0.1) is 0 Å². The molecule has 0 saturated carbocycles. The van der Waals surface area contributed by atoms with Gasteiger partial charge in [-0.1, -0.05) is 40.0 Å². The van der Waals surface area contributed by atoms with Gasteiger partial charge in [0.15, 0.2) is 0 Å². The minimum atomic E-state index is -0.0556. The van der Waals surface area contributed by atoms with E-state index in [9.17, 15) is 5.11 Å². The molecule has 0 unspecified atom stereocenters. The monoisotopic (exact) mass is 144 g/mol. The van der Waals surface area contributed by atoms with E-state index in [1.54, 1.807) is 0 Å². The van der Waals surface area contributed by atoms with Crippen LogP contribution < -0.4 is 0 Å². The Morgan fingerprint density at radius 2 is 1.60 bits per heavy atom. The minimum Gasteiger partial charge on any atom is -0.393 e. The fourth-order valence-electron chi connectivity index (χ4n) is 1.36. The van der Waals surface area contributed by atoms with Crippen molar-refractivity contribution < 1.29 is 5.11 Å². The van der Waals surface area contributed by atoms with Gasteiger partial charge in [0.1, 0.15) is 0 Å². The van der Waals surface area contributed by atoms with Crippen LogP contribution in [-0.4, -0.2) is 11.2 Å². The molecule has 10 heavy (non-hydrogen) atoms. The van der Waals surface area contributed by atoms with Crippen LogP contribution in [0.1, 0.15) is 46.5 Å². The molecule has 1 nitrogen and oxygen atoms in total. The summed E-state index contributed by atoms with van der Waals surface area (Å²) < 4.78 is 0. The van der Waals surface area contributed by atoms with E-state index in [2.05, 4.69) is 20.8 Å². The van der Waals surface area contributed by atoms with Crippen molar-refractivity contribution in [3.8, 4) is 0 Å². The third-order valence-corrected chi connectivity index (χ3v) is 2.18. The average Bonchev–Trinajstić information content (AvgIpc) is 1.91. The zero-order valence-corrected chi connectivity index (χ0v) is 7.43. The van der Waals surface area contributed by atoms with Crippen LogP contribution in [0.15, 0.2) is 0 Å². The molecule has 0 heterocycles. The van der Waals surface area contributed by atoms with Crippen LogP contribution >= 0.6 is 0 Å². The Balaban J connectivity index is 3.53. The molecule has 1 atom stereocenters. The van der Waals surface area contributed by atoms with Crippen molar-refractivity contribution in [2.45, 2.75) is 52.6 Å². The third-order valence-electron chi connectivity index (χ3n) is 2.18. The SMILES string of the molecule is CCC[C@@H](O)C(CC)CC. The van der Waals surface area contributed by atoms with Gasteiger partial charge in [0.25, 0.3) is 0 Å². The van der Waals surface area contributed by atoms with Gasteiger partial charge in [0.2, 0.25) is 0 Å². The van der Waals surface area contributed by atoms with E-state index >= 15 is 0 Å². The summed E-state index contributed by atoms with van der Waals surface area (Å²) in [5, 5.41) is 9.51. The Hall–Kier alpha value is -0.0400. The van der Waals surface area contributed by atoms with Crippen molar-refractivity contribution in [3.63, 3.8) is 0 Å². The number of aliphatic hydroxyl groups excluding tert-OH is 1. The lowest BCUT2D eigenvalue weighted by Gasteiger charge is -2.18. The Bertz CT molecular complexity index is 67.1. The fourth-order valence-corrected chi connectivity index (χ4v) is 1.36. The molecule has 0 aliphatic heterocycles. The van der Waals surface area contributed by atoms with Crippen molar-refractivity contribution in [2.75, 3.05) is 0 Å². The van der Waals surface area contributed by atoms with Crippen molar-refractivity contribution >= 4 is 0 Å². The lowest BCUT2D eigenvalue weighted by molar-refractivity contribution is 0.0935. The predicted octanol–water partition coefficient (Wildman–Crippen LogP) is 2.58. The molecular formula is C9H20O.